The fourth-order valence-corrected chi connectivity index (χ4v) is 1.28. The molecule has 82 valence electrons. The summed E-state index contributed by atoms with van der Waals surface area (Å²) in [6.45, 7) is 0. The first-order valence-corrected chi connectivity index (χ1v) is 4.50. The number of aromatic nitrogens is 3. The highest BCUT2D eigenvalue weighted by Gasteiger charge is 2.14. The minimum Gasteiger partial charge on any atom is -0.481 e. The van der Waals surface area contributed by atoms with Gasteiger partial charge in [-0.15, -0.1) is 0 Å². The standard InChI is InChI=1S/C10H9N3O3/c1-16-8-4-3-7(10(14)15)9(12-8)13-6-2-5-11-13/h2-6H,1H3,(H,14,15). The molecule has 0 fully saturated rings. The van der Waals surface area contributed by atoms with E-state index in [-0.39, 0.29) is 11.4 Å². The lowest BCUT2D eigenvalue weighted by molar-refractivity contribution is 0.0696. The molecule has 0 aliphatic heterocycles. The van der Waals surface area contributed by atoms with Gasteiger partial charge in [0, 0.05) is 18.5 Å². The Morgan fingerprint density at radius 3 is 2.88 bits per heavy atom. The zero-order chi connectivity index (χ0) is 11.5. The van der Waals surface area contributed by atoms with Crippen LogP contribution in [0.25, 0.3) is 5.82 Å². The molecular weight excluding hydrogens is 210 g/mol. The highest BCUT2D eigenvalue weighted by molar-refractivity contribution is 5.91. The predicted molar refractivity (Wildman–Crippen MR) is 54.9 cm³/mol. The van der Waals surface area contributed by atoms with Gasteiger partial charge in [-0.1, -0.05) is 0 Å². The van der Waals surface area contributed by atoms with Crippen LogP contribution in [0.4, 0.5) is 0 Å². The van der Waals surface area contributed by atoms with Crippen molar-refractivity contribution in [2.45, 2.75) is 0 Å². The number of carbonyl (C=O) groups is 1. The van der Waals surface area contributed by atoms with Crippen LogP contribution in [-0.4, -0.2) is 33.0 Å². The smallest absolute Gasteiger partial charge is 0.339 e. The molecule has 1 N–H and O–H groups in total. The largest absolute Gasteiger partial charge is 0.481 e. The van der Waals surface area contributed by atoms with Gasteiger partial charge in [0.25, 0.3) is 0 Å². The third-order valence-electron chi connectivity index (χ3n) is 2.01. The van der Waals surface area contributed by atoms with Crippen molar-refractivity contribution in [1.29, 1.82) is 0 Å². The first-order valence-electron chi connectivity index (χ1n) is 4.50. The van der Waals surface area contributed by atoms with Crippen LogP contribution in [0.1, 0.15) is 10.4 Å². The number of aromatic carboxylic acids is 1. The fourth-order valence-electron chi connectivity index (χ4n) is 1.28. The predicted octanol–water partition coefficient (Wildman–Crippen LogP) is 0.974. The molecule has 2 rings (SSSR count). The van der Waals surface area contributed by atoms with E-state index in [1.807, 2.05) is 0 Å². The van der Waals surface area contributed by atoms with Crippen molar-refractivity contribution in [3.8, 4) is 11.7 Å². The number of ether oxygens (including phenoxy) is 1. The Hall–Kier alpha value is -2.37. The highest BCUT2D eigenvalue weighted by atomic mass is 16.5. The van der Waals surface area contributed by atoms with Gasteiger partial charge in [-0.2, -0.15) is 10.1 Å². The van der Waals surface area contributed by atoms with Gasteiger partial charge in [-0.3, -0.25) is 0 Å². The molecule has 0 aliphatic rings. The zero-order valence-corrected chi connectivity index (χ0v) is 8.49. The molecule has 16 heavy (non-hydrogen) atoms. The van der Waals surface area contributed by atoms with E-state index < -0.39 is 5.97 Å². The van der Waals surface area contributed by atoms with E-state index in [2.05, 4.69) is 10.1 Å². The summed E-state index contributed by atoms with van der Waals surface area (Å²) in [5.41, 5.74) is 0.0736. The maximum Gasteiger partial charge on any atom is 0.339 e. The lowest BCUT2D eigenvalue weighted by atomic mass is 10.2. The summed E-state index contributed by atoms with van der Waals surface area (Å²) in [5.74, 6) is -0.479. The van der Waals surface area contributed by atoms with Crippen molar-refractivity contribution < 1.29 is 14.6 Å². The molecule has 0 bridgehead atoms. The van der Waals surface area contributed by atoms with E-state index in [0.29, 0.717) is 5.88 Å². The topological polar surface area (TPSA) is 77.2 Å². The van der Waals surface area contributed by atoms with Crippen LogP contribution in [0.3, 0.4) is 0 Å². The Morgan fingerprint density at radius 1 is 1.50 bits per heavy atom. The van der Waals surface area contributed by atoms with Crippen molar-refractivity contribution in [2.75, 3.05) is 7.11 Å². The van der Waals surface area contributed by atoms with Gasteiger partial charge in [-0.25, -0.2) is 9.48 Å². The summed E-state index contributed by atoms with van der Waals surface area (Å²) in [6, 6.07) is 4.62. The molecule has 0 saturated carbocycles. The van der Waals surface area contributed by atoms with Gasteiger partial charge in [0.2, 0.25) is 5.88 Å². The minimum atomic E-state index is -1.05. The number of pyridine rings is 1. The average Bonchev–Trinajstić information content (AvgIpc) is 2.81. The Labute approximate surface area is 91.1 Å². The third-order valence-corrected chi connectivity index (χ3v) is 2.01. The monoisotopic (exact) mass is 219 g/mol. The summed E-state index contributed by atoms with van der Waals surface area (Å²) in [5, 5.41) is 12.9. The maximum atomic E-state index is 11.0. The normalized spacial score (nSPS) is 10.1. The molecule has 2 aromatic rings. The molecule has 2 heterocycles. The van der Waals surface area contributed by atoms with E-state index in [1.54, 1.807) is 18.5 Å². The van der Waals surface area contributed by atoms with Crippen LogP contribution in [0.2, 0.25) is 0 Å². The number of rotatable bonds is 3. The number of hydrogen-bond acceptors (Lipinski definition) is 4. The molecular formula is C10H9N3O3. The van der Waals surface area contributed by atoms with Gasteiger partial charge in [0.15, 0.2) is 5.82 Å². The highest BCUT2D eigenvalue weighted by Crippen LogP contribution is 2.16. The first kappa shape index (κ1) is 10.2. The lowest BCUT2D eigenvalue weighted by Crippen LogP contribution is -2.08. The van der Waals surface area contributed by atoms with Crippen molar-refractivity contribution in [3.05, 3.63) is 36.2 Å². The van der Waals surface area contributed by atoms with Gasteiger partial charge in [-0.05, 0) is 12.1 Å². The maximum absolute atomic E-state index is 11.0. The molecule has 0 amide bonds. The molecule has 0 spiro atoms. The summed E-state index contributed by atoms with van der Waals surface area (Å²) < 4.78 is 6.32. The van der Waals surface area contributed by atoms with E-state index in [1.165, 1.54) is 23.9 Å². The SMILES string of the molecule is COc1ccc(C(=O)O)c(-n2cccn2)n1. The van der Waals surface area contributed by atoms with Crippen molar-refractivity contribution in [1.82, 2.24) is 14.8 Å². The van der Waals surface area contributed by atoms with Crippen LogP contribution in [0, 0.1) is 0 Å². The Morgan fingerprint density at radius 2 is 2.31 bits per heavy atom. The quantitative estimate of drug-likeness (QED) is 0.832. The van der Waals surface area contributed by atoms with Crippen molar-refractivity contribution >= 4 is 5.97 Å². The Balaban J connectivity index is 2.59. The second-order valence-corrected chi connectivity index (χ2v) is 2.98. The van der Waals surface area contributed by atoms with Gasteiger partial charge < -0.3 is 9.84 Å². The lowest BCUT2D eigenvalue weighted by Gasteiger charge is -2.06. The van der Waals surface area contributed by atoms with E-state index in [4.69, 9.17) is 9.84 Å². The van der Waals surface area contributed by atoms with Crippen LogP contribution < -0.4 is 4.74 Å². The molecule has 6 heteroatoms. The third kappa shape index (κ3) is 1.72. The van der Waals surface area contributed by atoms with Gasteiger partial charge >= 0.3 is 5.97 Å². The molecule has 2 aromatic heterocycles. The van der Waals surface area contributed by atoms with E-state index >= 15 is 0 Å². The number of carboxylic acids is 1. The Bertz CT molecular complexity index is 508. The Kier molecular flexibility index (Phi) is 2.55. The molecule has 0 aliphatic carbocycles. The molecule has 0 aromatic carbocycles. The van der Waals surface area contributed by atoms with Crippen LogP contribution in [0.5, 0.6) is 5.88 Å². The number of nitrogens with zero attached hydrogens (tertiary/aromatic N) is 3. The number of hydrogen-bond donors (Lipinski definition) is 1. The van der Waals surface area contributed by atoms with Crippen LogP contribution in [-0.2, 0) is 0 Å². The van der Waals surface area contributed by atoms with Gasteiger partial charge in [0.1, 0.15) is 5.56 Å². The summed E-state index contributed by atoms with van der Waals surface area (Å²) in [4.78, 5) is 15.0. The average molecular weight is 219 g/mol. The van der Waals surface area contributed by atoms with Crippen molar-refractivity contribution in [3.63, 3.8) is 0 Å². The number of methoxy groups -OCH3 is 1. The fraction of sp³-hybridized carbons (Fsp3) is 0.100. The molecule has 0 radical (unpaired) electrons. The second kappa shape index (κ2) is 4.01. The summed E-state index contributed by atoms with van der Waals surface area (Å²) in [6.07, 6.45) is 3.17. The number of carboxylic acid groups (broad SMARTS) is 1. The summed E-state index contributed by atoms with van der Waals surface area (Å²) in [7, 11) is 1.47. The van der Waals surface area contributed by atoms with Crippen LogP contribution >= 0.6 is 0 Å². The first-order chi connectivity index (χ1) is 7.72. The molecule has 6 nitrogen and oxygen atoms in total. The molecule has 0 saturated heterocycles. The van der Waals surface area contributed by atoms with Crippen molar-refractivity contribution in [2.24, 2.45) is 0 Å². The zero-order valence-electron chi connectivity index (χ0n) is 8.49. The van der Waals surface area contributed by atoms with Crippen LogP contribution in [0.15, 0.2) is 30.6 Å². The van der Waals surface area contributed by atoms with Gasteiger partial charge in [0.05, 0.1) is 7.11 Å². The minimum absolute atomic E-state index is 0.0736. The van der Waals surface area contributed by atoms with E-state index in [0.717, 1.165) is 0 Å². The molecule has 0 atom stereocenters. The van der Waals surface area contributed by atoms with E-state index in [9.17, 15) is 4.79 Å². The second-order valence-electron chi connectivity index (χ2n) is 2.98. The summed E-state index contributed by atoms with van der Waals surface area (Å²) >= 11 is 0. The molecule has 0 unspecified atom stereocenters.